The fraction of sp³-hybridized carbons (Fsp3) is 0.909. The van der Waals surface area contributed by atoms with Crippen LogP contribution in [0.1, 0.15) is 19.3 Å². The summed E-state index contributed by atoms with van der Waals surface area (Å²) in [6.45, 7) is -0.118. The molecule has 1 unspecified atom stereocenters. The van der Waals surface area contributed by atoms with Crippen molar-refractivity contribution in [1.82, 2.24) is 5.32 Å². The van der Waals surface area contributed by atoms with Crippen LogP contribution < -0.4 is 5.32 Å². The van der Waals surface area contributed by atoms with E-state index in [0.717, 1.165) is 0 Å². The lowest BCUT2D eigenvalue weighted by atomic mass is 9.97. The number of carboxylic acids is 1. The van der Waals surface area contributed by atoms with Crippen molar-refractivity contribution >= 4 is 5.97 Å². The van der Waals surface area contributed by atoms with E-state index < -0.39 is 43.2 Å². The first-order valence-corrected chi connectivity index (χ1v) is 6.23. The predicted molar refractivity (Wildman–Crippen MR) is 63.3 cm³/mol. The van der Waals surface area contributed by atoms with Crippen LogP contribution >= 0.6 is 0 Å². The van der Waals surface area contributed by atoms with Crippen molar-refractivity contribution in [2.75, 3.05) is 13.2 Å². The SMILES string of the molecule is O=C(O)CCCCN[C@H]1C(O)O[C@H](CO)[C@@H](O)[C@@H]1O. The van der Waals surface area contributed by atoms with Gasteiger partial charge in [0.2, 0.25) is 0 Å². The predicted octanol–water partition coefficient (Wildman–Crippen LogP) is -2.37. The summed E-state index contributed by atoms with van der Waals surface area (Å²) < 4.78 is 4.96. The van der Waals surface area contributed by atoms with E-state index >= 15 is 0 Å². The zero-order chi connectivity index (χ0) is 14.4. The van der Waals surface area contributed by atoms with Crippen molar-refractivity contribution in [3.8, 4) is 0 Å². The number of nitrogens with one attached hydrogen (secondary N) is 1. The van der Waals surface area contributed by atoms with E-state index in [1.165, 1.54) is 0 Å². The molecule has 0 aliphatic carbocycles. The molecule has 0 spiro atoms. The minimum absolute atomic E-state index is 0.0587. The quantitative estimate of drug-likeness (QED) is 0.284. The van der Waals surface area contributed by atoms with Gasteiger partial charge < -0.3 is 35.6 Å². The van der Waals surface area contributed by atoms with Gasteiger partial charge in [-0.3, -0.25) is 4.79 Å². The molecule has 1 saturated heterocycles. The molecule has 112 valence electrons. The van der Waals surface area contributed by atoms with Crippen LogP contribution in [0.2, 0.25) is 0 Å². The van der Waals surface area contributed by atoms with Gasteiger partial charge in [0.05, 0.1) is 12.6 Å². The Bertz CT molecular complexity index is 288. The molecule has 0 aromatic heterocycles. The lowest BCUT2D eigenvalue weighted by Crippen LogP contribution is -2.63. The Labute approximate surface area is 110 Å². The molecule has 8 nitrogen and oxygen atoms in total. The van der Waals surface area contributed by atoms with Crippen LogP contribution in [0.25, 0.3) is 0 Å². The molecule has 5 atom stereocenters. The van der Waals surface area contributed by atoms with Gasteiger partial charge in [0.1, 0.15) is 18.3 Å². The summed E-state index contributed by atoms with van der Waals surface area (Å²) in [7, 11) is 0. The highest BCUT2D eigenvalue weighted by molar-refractivity contribution is 5.66. The van der Waals surface area contributed by atoms with Crippen LogP contribution in [0.3, 0.4) is 0 Å². The maximum atomic E-state index is 10.3. The molecule has 0 aromatic rings. The highest BCUT2D eigenvalue weighted by atomic mass is 16.6. The average molecular weight is 279 g/mol. The molecule has 8 heteroatoms. The number of unbranched alkanes of at least 4 members (excludes halogenated alkanes) is 1. The maximum absolute atomic E-state index is 10.3. The third kappa shape index (κ3) is 4.68. The van der Waals surface area contributed by atoms with Crippen LogP contribution in [0.5, 0.6) is 0 Å². The third-order valence-corrected chi connectivity index (χ3v) is 3.10. The van der Waals surface area contributed by atoms with Crippen LogP contribution in [0, 0.1) is 0 Å². The fourth-order valence-electron chi connectivity index (χ4n) is 1.99. The lowest BCUT2D eigenvalue weighted by Gasteiger charge is -2.40. The first kappa shape index (κ1) is 16.3. The molecule has 0 aromatic carbocycles. The molecule has 19 heavy (non-hydrogen) atoms. The van der Waals surface area contributed by atoms with Gasteiger partial charge in [0.25, 0.3) is 0 Å². The normalized spacial score (nSPS) is 35.3. The first-order chi connectivity index (χ1) is 8.97. The number of aliphatic carboxylic acids is 1. The summed E-state index contributed by atoms with van der Waals surface area (Å²) in [6.07, 6.45) is -3.81. The molecule has 1 fully saturated rings. The Morgan fingerprint density at radius 3 is 2.42 bits per heavy atom. The summed E-state index contributed by atoms with van der Waals surface area (Å²) in [5, 5.41) is 49.2. The number of aliphatic hydroxyl groups is 4. The van der Waals surface area contributed by atoms with Gasteiger partial charge in [-0.2, -0.15) is 0 Å². The van der Waals surface area contributed by atoms with E-state index in [4.69, 9.17) is 14.9 Å². The van der Waals surface area contributed by atoms with Crippen molar-refractivity contribution in [2.24, 2.45) is 0 Å². The Morgan fingerprint density at radius 1 is 1.16 bits per heavy atom. The van der Waals surface area contributed by atoms with Crippen molar-refractivity contribution in [3.63, 3.8) is 0 Å². The van der Waals surface area contributed by atoms with Crippen molar-refractivity contribution in [3.05, 3.63) is 0 Å². The van der Waals surface area contributed by atoms with E-state index in [9.17, 15) is 20.1 Å². The number of carboxylic acid groups (broad SMARTS) is 1. The molecule has 0 saturated carbocycles. The summed E-state index contributed by atoms with van der Waals surface area (Å²) in [5.41, 5.74) is 0. The van der Waals surface area contributed by atoms with Gasteiger partial charge in [-0.25, -0.2) is 0 Å². The number of hydrogen-bond donors (Lipinski definition) is 6. The van der Waals surface area contributed by atoms with E-state index in [0.29, 0.717) is 19.4 Å². The number of hydrogen-bond acceptors (Lipinski definition) is 7. The fourth-order valence-corrected chi connectivity index (χ4v) is 1.99. The molecular weight excluding hydrogens is 258 g/mol. The van der Waals surface area contributed by atoms with Crippen molar-refractivity contribution in [2.45, 2.75) is 49.9 Å². The van der Waals surface area contributed by atoms with Crippen LogP contribution in [0.4, 0.5) is 0 Å². The summed E-state index contributed by atoms with van der Waals surface area (Å²) in [5.74, 6) is -0.873. The zero-order valence-electron chi connectivity index (χ0n) is 10.5. The number of aliphatic hydroxyl groups excluding tert-OH is 4. The van der Waals surface area contributed by atoms with E-state index in [2.05, 4.69) is 5.32 Å². The Morgan fingerprint density at radius 2 is 1.84 bits per heavy atom. The second kappa shape index (κ2) is 7.73. The molecule has 0 radical (unpaired) electrons. The van der Waals surface area contributed by atoms with Crippen molar-refractivity contribution in [1.29, 1.82) is 0 Å². The van der Waals surface area contributed by atoms with Crippen LogP contribution in [-0.2, 0) is 9.53 Å². The first-order valence-electron chi connectivity index (χ1n) is 6.23. The smallest absolute Gasteiger partial charge is 0.303 e. The average Bonchev–Trinajstić information content (AvgIpc) is 2.36. The molecule has 0 bridgehead atoms. The standard InChI is InChI=1S/C11H21NO7/c13-5-6-9(16)10(17)8(11(18)19-6)12-4-2-1-3-7(14)15/h6,8-13,16-18H,1-5H2,(H,14,15)/t6-,8-,9-,10-,11?/m1/s1. The summed E-state index contributed by atoms with van der Waals surface area (Å²) >= 11 is 0. The van der Waals surface area contributed by atoms with Gasteiger partial charge in [0, 0.05) is 6.42 Å². The van der Waals surface area contributed by atoms with Crippen molar-refractivity contribution < 1.29 is 35.1 Å². The zero-order valence-corrected chi connectivity index (χ0v) is 10.5. The number of carbonyl (C=O) groups is 1. The molecule has 6 N–H and O–H groups in total. The Hall–Kier alpha value is -0.770. The second-order valence-electron chi connectivity index (χ2n) is 4.56. The summed E-state index contributed by atoms with van der Waals surface area (Å²) in [4.78, 5) is 10.3. The third-order valence-electron chi connectivity index (χ3n) is 3.10. The van der Waals surface area contributed by atoms with Gasteiger partial charge in [-0.1, -0.05) is 0 Å². The monoisotopic (exact) mass is 279 g/mol. The van der Waals surface area contributed by atoms with Crippen LogP contribution in [0.15, 0.2) is 0 Å². The van der Waals surface area contributed by atoms with E-state index in [1.807, 2.05) is 0 Å². The maximum Gasteiger partial charge on any atom is 0.303 e. The van der Waals surface area contributed by atoms with Crippen LogP contribution in [-0.4, -0.2) is 75.3 Å². The molecule has 1 aliphatic rings. The molecule has 1 heterocycles. The highest BCUT2D eigenvalue weighted by Gasteiger charge is 2.43. The molecule has 1 rings (SSSR count). The highest BCUT2D eigenvalue weighted by Crippen LogP contribution is 2.19. The van der Waals surface area contributed by atoms with E-state index in [-0.39, 0.29) is 6.42 Å². The molecule has 0 amide bonds. The molecular formula is C11H21NO7. The van der Waals surface area contributed by atoms with Gasteiger partial charge >= 0.3 is 5.97 Å². The summed E-state index contributed by atoms with van der Waals surface area (Å²) in [6, 6.07) is -0.873. The van der Waals surface area contributed by atoms with E-state index in [1.54, 1.807) is 0 Å². The Kier molecular flexibility index (Phi) is 6.63. The van der Waals surface area contributed by atoms with Gasteiger partial charge in [-0.15, -0.1) is 0 Å². The number of ether oxygens (including phenoxy) is 1. The largest absolute Gasteiger partial charge is 0.481 e. The topological polar surface area (TPSA) is 139 Å². The minimum Gasteiger partial charge on any atom is -0.481 e. The van der Waals surface area contributed by atoms with Gasteiger partial charge in [0.15, 0.2) is 6.29 Å². The van der Waals surface area contributed by atoms with Gasteiger partial charge in [-0.05, 0) is 19.4 Å². The minimum atomic E-state index is -1.34. The lowest BCUT2D eigenvalue weighted by molar-refractivity contribution is -0.254. The second-order valence-corrected chi connectivity index (χ2v) is 4.56. The Balaban J connectivity index is 2.34. The molecule has 1 aliphatic heterocycles. The number of rotatable bonds is 7.